The van der Waals surface area contributed by atoms with Crippen LogP contribution in [0.2, 0.25) is 0 Å². The van der Waals surface area contributed by atoms with Crippen molar-refractivity contribution in [2.75, 3.05) is 13.7 Å². The second-order valence-electron chi connectivity index (χ2n) is 6.74. The summed E-state index contributed by atoms with van der Waals surface area (Å²) in [5.41, 5.74) is 1.92. The number of nitrogens with zero attached hydrogens (tertiary/aromatic N) is 1. The molecule has 3 aromatic rings. The van der Waals surface area contributed by atoms with Gasteiger partial charge in [0.1, 0.15) is 0 Å². The average molecular weight is 375 g/mol. The highest BCUT2D eigenvalue weighted by Gasteiger charge is 2.32. The third kappa shape index (κ3) is 2.99. The largest absolute Gasteiger partial charge is 0.493 e. The highest BCUT2D eigenvalue weighted by Crippen LogP contribution is 2.32. The van der Waals surface area contributed by atoms with Crippen molar-refractivity contribution in [1.29, 1.82) is 0 Å². The Morgan fingerprint density at radius 2 is 1.57 bits per heavy atom. The lowest BCUT2D eigenvalue weighted by Gasteiger charge is -2.27. The molecule has 1 heterocycles. The molecule has 1 aliphatic heterocycles. The number of benzene rings is 3. The SMILES string of the molecule is CCCOc1ccc(CN2C(=O)c3cccc4cccc(c34)C2=O)cc1OC. The van der Waals surface area contributed by atoms with Gasteiger partial charge < -0.3 is 9.47 Å². The van der Waals surface area contributed by atoms with Gasteiger partial charge in [-0.25, -0.2) is 0 Å². The van der Waals surface area contributed by atoms with Gasteiger partial charge in [-0.1, -0.05) is 37.3 Å². The summed E-state index contributed by atoms with van der Waals surface area (Å²) in [6.07, 6.45) is 0.895. The molecule has 4 rings (SSSR count). The Morgan fingerprint density at radius 1 is 0.893 bits per heavy atom. The predicted octanol–water partition coefficient (Wildman–Crippen LogP) is 4.43. The molecule has 142 valence electrons. The van der Waals surface area contributed by atoms with Crippen molar-refractivity contribution in [3.8, 4) is 11.5 Å². The van der Waals surface area contributed by atoms with E-state index in [1.165, 1.54) is 4.90 Å². The number of carbonyl (C=O) groups is 2. The van der Waals surface area contributed by atoms with Crippen LogP contribution in [0.4, 0.5) is 0 Å². The molecule has 5 nitrogen and oxygen atoms in total. The maximum absolute atomic E-state index is 13.0. The van der Waals surface area contributed by atoms with E-state index in [0.717, 1.165) is 22.8 Å². The number of hydrogen-bond donors (Lipinski definition) is 0. The molecule has 5 heteroatoms. The van der Waals surface area contributed by atoms with Crippen LogP contribution in [0.15, 0.2) is 54.6 Å². The van der Waals surface area contributed by atoms with Crippen molar-refractivity contribution in [2.45, 2.75) is 19.9 Å². The zero-order valence-electron chi connectivity index (χ0n) is 15.9. The lowest BCUT2D eigenvalue weighted by molar-refractivity contribution is 0.0598. The van der Waals surface area contributed by atoms with Gasteiger partial charge in [-0.05, 0) is 41.6 Å². The molecule has 0 spiro atoms. The lowest BCUT2D eigenvalue weighted by Crippen LogP contribution is -2.39. The molecule has 0 bridgehead atoms. The number of amides is 2. The Morgan fingerprint density at radius 3 is 2.18 bits per heavy atom. The monoisotopic (exact) mass is 375 g/mol. The first-order valence-corrected chi connectivity index (χ1v) is 9.31. The Hall–Kier alpha value is -3.34. The Labute approximate surface area is 163 Å². The van der Waals surface area contributed by atoms with Gasteiger partial charge in [-0.2, -0.15) is 0 Å². The smallest absolute Gasteiger partial charge is 0.261 e. The number of carbonyl (C=O) groups excluding carboxylic acids is 2. The van der Waals surface area contributed by atoms with Gasteiger partial charge in [0.05, 0.1) is 20.3 Å². The third-order valence-electron chi connectivity index (χ3n) is 4.89. The fraction of sp³-hybridized carbons (Fsp3) is 0.217. The standard InChI is InChI=1S/C23H21NO4/c1-3-12-28-19-11-10-15(13-20(19)27-2)14-24-22(25)17-8-4-6-16-7-5-9-18(21(16)17)23(24)26/h4-11,13H,3,12,14H2,1-2H3. The quantitative estimate of drug-likeness (QED) is 0.598. The summed E-state index contributed by atoms with van der Waals surface area (Å²) in [6, 6.07) is 16.5. The first kappa shape index (κ1) is 18.0. The molecule has 0 unspecified atom stereocenters. The molecule has 0 saturated heterocycles. The topological polar surface area (TPSA) is 55.8 Å². The van der Waals surface area contributed by atoms with E-state index in [-0.39, 0.29) is 18.4 Å². The van der Waals surface area contributed by atoms with E-state index >= 15 is 0 Å². The van der Waals surface area contributed by atoms with Crippen LogP contribution in [0.1, 0.15) is 39.6 Å². The number of hydrogen-bond acceptors (Lipinski definition) is 4. The van der Waals surface area contributed by atoms with Crippen LogP contribution in [-0.4, -0.2) is 30.4 Å². The van der Waals surface area contributed by atoms with Crippen LogP contribution < -0.4 is 9.47 Å². The zero-order valence-corrected chi connectivity index (χ0v) is 15.9. The number of methoxy groups -OCH3 is 1. The van der Waals surface area contributed by atoms with E-state index in [4.69, 9.17) is 9.47 Å². The van der Waals surface area contributed by atoms with Crippen LogP contribution in [0.5, 0.6) is 11.5 Å². The van der Waals surface area contributed by atoms with E-state index < -0.39 is 0 Å². The molecule has 0 aromatic heterocycles. The van der Waals surface area contributed by atoms with Crippen LogP contribution in [0.25, 0.3) is 10.8 Å². The van der Waals surface area contributed by atoms with E-state index in [1.54, 1.807) is 19.2 Å². The van der Waals surface area contributed by atoms with Crippen LogP contribution in [0.3, 0.4) is 0 Å². The first-order valence-electron chi connectivity index (χ1n) is 9.31. The summed E-state index contributed by atoms with van der Waals surface area (Å²) in [6.45, 7) is 2.80. The average Bonchev–Trinajstić information content (AvgIpc) is 2.73. The van der Waals surface area contributed by atoms with E-state index in [1.807, 2.05) is 49.4 Å². The first-order chi connectivity index (χ1) is 13.6. The molecule has 28 heavy (non-hydrogen) atoms. The number of imide groups is 1. The molecular formula is C23H21NO4. The zero-order chi connectivity index (χ0) is 19.7. The van der Waals surface area contributed by atoms with Gasteiger partial charge in [0.15, 0.2) is 11.5 Å². The fourth-order valence-electron chi connectivity index (χ4n) is 3.55. The second-order valence-corrected chi connectivity index (χ2v) is 6.74. The molecular weight excluding hydrogens is 354 g/mol. The normalized spacial score (nSPS) is 13.1. The minimum Gasteiger partial charge on any atom is -0.493 e. The third-order valence-corrected chi connectivity index (χ3v) is 4.89. The van der Waals surface area contributed by atoms with Gasteiger partial charge in [-0.3, -0.25) is 14.5 Å². The minimum absolute atomic E-state index is 0.173. The fourth-order valence-corrected chi connectivity index (χ4v) is 3.55. The Bertz CT molecular complexity index is 1020. The van der Waals surface area contributed by atoms with Crippen molar-refractivity contribution in [3.63, 3.8) is 0 Å². The summed E-state index contributed by atoms with van der Waals surface area (Å²) >= 11 is 0. The van der Waals surface area contributed by atoms with Gasteiger partial charge in [-0.15, -0.1) is 0 Å². The molecule has 0 radical (unpaired) electrons. The van der Waals surface area contributed by atoms with E-state index in [0.29, 0.717) is 29.2 Å². The molecule has 3 aromatic carbocycles. The Kier molecular flexibility index (Phi) is 4.74. The minimum atomic E-state index is -0.278. The summed E-state index contributed by atoms with van der Waals surface area (Å²) in [5.74, 6) is 0.684. The van der Waals surface area contributed by atoms with Gasteiger partial charge in [0.2, 0.25) is 0 Å². The van der Waals surface area contributed by atoms with E-state index in [9.17, 15) is 9.59 Å². The highest BCUT2D eigenvalue weighted by molar-refractivity contribution is 6.25. The molecule has 1 aliphatic rings. The highest BCUT2D eigenvalue weighted by atomic mass is 16.5. The van der Waals surface area contributed by atoms with Gasteiger partial charge in [0.25, 0.3) is 11.8 Å². The molecule has 0 atom stereocenters. The molecule has 0 N–H and O–H groups in total. The summed E-state index contributed by atoms with van der Waals surface area (Å²) < 4.78 is 11.1. The van der Waals surface area contributed by atoms with Crippen molar-refractivity contribution in [3.05, 3.63) is 71.3 Å². The number of rotatable bonds is 6. The van der Waals surface area contributed by atoms with Crippen molar-refractivity contribution < 1.29 is 19.1 Å². The lowest BCUT2D eigenvalue weighted by atomic mass is 9.94. The van der Waals surface area contributed by atoms with Gasteiger partial charge in [0, 0.05) is 16.5 Å². The van der Waals surface area contributed by atoms with E-state index in [2.05, 4.69) is 0 Å². The van der Waals surface area contributed by atoms with Crippen LogP contribution in [-0.2, 0) is 6.54 Å². The predicted molar refractivity (Wildman–Crippen MR) is 107 cm³/mol. The maximum Gasteiger partial charge on any atom is 0.261 e. The summed E-state index contributed by atoms with van der Waals surface area (Å²) in [5, 5.41) is 1.63. The second kappa shape index (κ2) is 7.35. The molecule has 0 saturated carbocycles. The van der Waals surface area contributed by atoms with Gasteiger partial charge >= 0.3 is 0 Å². The maximum atomic E-state index is 13.0. The van der Waals surface area contributed by atoms with Crippen molar-refractivity contribution in [1.82, 2.24) is 4.90 Å². The molecule has 2 amide bonds. The summed E-state index contributed by atoms with van der Waals surface area (Å²) in [7, 11) is 1.58. The molecule has 0 aliphatic carbocycles. The molecule has 0 fully saturated rings. The summed E-state index contributed by atoms with van der Waals surface area (Å²) in [4.78, 5) is 27.3. The number of ether oxygens (including phenoxy) is 2. The van der Waals surface area contributed by atoms with Crippen molar-refractivity contribution in [2.24, 2.45) is 0 Å². The van der Waals surface area contributed by atoms with Crippen LogP contribution in [0, 0.1) is 0 Å². The van der Waals surface area contributed by atoms with Crippen molar-refractivity contribution >= 4 is 22.6 Å². The van der Waals surface area contributed by atoms with Crippen LogP contribution >= 0.6 is 0 Å². The Balaban J connectivity index is 1.68.